The fourth-order valence-electron chi connectivity index (χ4n) is 2.38. The molecule has 0 saturated carbocycles. The van der Waals surface area contributed by atoms with Crippen molar-refractivity contribution in [2.75, 3.05) is 10.6 Å². The number of hydrogen-bond acceptors (Lipinski definition) is 2. The SMILES string of the molecule is CCC(CC)C(=O)Nc1ccc(NCc2ccc(F)cc2)cc1. The van der Waals surface area contributed by atoms with Gasteiger partial charge in [0.1, 0.15) is 5.82 Å². The number of hydrogen-bond donors (Lipinski definition) is 2. The minimum absolute atomic E-state index is 0.0614. The van der Waals surface area contributed by atoms with Gasteiger partial charge in [-0.25, -0.2) is 4.39 Å². The summed E-state index contributed by atoms with van der Waals surface area (Å²) in [6.45, 7) is 4.67. The summed E-state index contributed by atoms with van der Waals surface area (Å²) in [5.41, 5.74) is 2.77. The van der Waals surface area contributed by atoms with Crippen molar-refractivity contribution >= 4 is 17.3 Å². The number of rotatable bonds is 7. The third kappa shape index (κ3) is 5.09. The van der Waals surface area contributed by atoms with E-state index in [1.807, 2.05) is 38.1 Å². The molecule has 2 rings (SSSR count). The molecule has 0 saturated heterocycles. The van der Waals surface area contributed by atoms with E-state index in [9.17, 15) is 9.18 Å². The number of benzene rings is 2. The second-order valence-corrected chi connectivity index (χ2v) is 5.56. The first-order chi connectivity index (χ1) is 11.1. The summed E-state index contributed by atoms with van der Waals surface area (Å²) in [7, 11) is 0. The maximum Gasteiger partial charge on any atom is 0.227 e. The Bertz CT molecular complexity index is 619. The van der Waals surface area contributed by atoms with Crippen LogP contribution in [0.25, 0.3) is 0 Å². The molecule has 122 valence electrons. The largest absolute Gasteiger partial charge is 0.381 e. The number of carbonyl (C=O) groups excluding carboxylic acids is 1. The molecule has 0 fully saturated rings. The van der Waals surface area contributed by atoms with Crippen LogP contribution in [0.15, 0.2) is 48.5 Å². The Morgan fingerprint density at radius 1 is 0.957 bits per heavy atom. The maximum absolute atomic E-state index is 12.9. The van der Waals surface area contributed by atoms with Gasteiger partial charge in [0.05, 0.1) is 0 Å². The minimum atomic E-state index is -0.230. The summed E-state index contributed by atoms with van der Waals surface area (Å²) < 4.78 is 12.9. The molecule has 0 aliphatic rings. The second-order valence-electron chi connectivity index (χ2n) is 5.56. The zero-order valence-electron chi connectivity index (χ0n) is 13.6. The van der Waals surface area contributed by atoms with Gasteiger partial charge in [-0.05, 0) is 54.8 Å². The van der Waals surface area contributed by atoms with E-state index in [4.69, 9.17) is 0 Å². The molecular weight excluding hydrogens is 291 g/mol. The van der Waals surface area contributed by atoms with E-state index in [1.165, 1.54) is 12.1 Å². The molecule has 2 aromatic carbocycles. The van der Waals surface area contributed by atoms with Gasteiger partial charge in [0.2, 0.25) is 5.91 Å². The Labute approximate surface area is 136 Å². The van der Waals surface area contributed by atoms with Crippen LogP contribution >= 0.6 is 0 Å². The highest BCUT2D eigenvalue weighted by Gasteiger charge is 2.13. The predicted molar refractivity (Wildman–Crippen MR) is 92.9 cm³/mol. The number of carbonyl (C=O) groups is 1. The molecule has 0 aliphatic heterocycles. The van der Waals surface area contributed by atoms with Crippen molar-refractivity contribution in [2.24, 2.45) is 5.92 Å². The van der Waals surface area contributed by atoms with E-state index in [0.29, 0.717) is 6.54 Å². The van der Waals surface area contributed by atoms with E-state index in [-0.39, 0.29) is 17.6 Å². The normalized spacial score (nSPS) is 10.6. The molecule has 2 aromatic rings. The molecule has 1 amide bonds. The molecule has 3 nitrogen and oxygen atoms in total. The van der Waals surface area contributed by atoms with Crippen molar-refractivity contribution in [1.29, 1.82) is 0 Å². The van der Waals surface area contributed by atoms with Crippen LogP contribution in [0.2, 0.25) is 0 Å². The van der Waals surface area contributed by atoms with Crippen LogP contribution in [0.1, 0.15) is 32.3 Å². The topological polar surface area (TPSA) is 41.1 Å². The fraction of sp³-hybridized carbons (Fsp3) is 0.316. The molecule has 0 atom stereocenters. The van der Waals surface area contributed by atoms with E-state index in [2.05, 4.69) is 10.6 Å². The molecule has 0 heterocycles. The molecule has 0 unspecified atom stereocenters. The molecular formula is C19H23FN2O. The van der Waals surface area contributed by atoms with Crippen molar-refractivity contribution in [3.8, 4) is 0 Å². The van der Waals surface area contributed by atoms with Crippen LogP contribution in [0, 0.1) is 11.7 Å². The first-order valence-electron chi connectivity index (χ1n) is 8.01. The molecule has 0 aliphatic carbocycles. The monoisotopic (exact) mass is 314 g/mol. The second kappa shape index (κ2) is 8.32. The Morgan fingerprint density at radius 3 is 2.09 bits per heavy atom. The number of amides is 1. The van der Waals surface area contributed by atoms with Gasteiger partial charge in [-0.15, -0.1) is 0 Å². The lowest BCUT2D eigenvalue weighted by molar-refractivity contribution is -0.120. The van der Waals surface area contributed by atoms with Gasteiger partial charge >= 0.3 is 0 Å². The zero-order chi connectivity index (χ0) is 16.7. The lowest BCUT2D eigenvalue weighted by atomic mass is 10.0. The van der Waals surface area contributed by atoms with Crippen LogP contribution in [-0.4, -0.2) is 5.91 Å². The van der Waals surface area contributed by atoms with Gasteiger partial charge in [0.25, 0.3) is 0 Å². The Hall–Kier alpha value is -2.36. The lowest BCUT2D eigenvalue weighted by Gasteiger charge is -2.13. The van der Waals surface area contributed by atoms with Gasteiger partial charge in [-0.3, -0.25) is 4.79 Å². The standard InChI is InChI=1S/C19H23FN2O/c1-3-15(4-2)19(23)22-18-11-9-17(10-12-18)21-13-14-5-7-16(20)8-6-14/h5-12,15,21H,3-4,13H2,1-2H3,(H,22,23). The maximum atomic E-state index is 12.9. The molecule has 4 heteroatoms. The predicted octanol–water partition coefficient (Wildman–Crippen LogP) is 4.81. The summed E-state index contributed by atoms with van der Waals surface area (Å²) in [5, 5.41) is 6.21. The van der Waals surface area contributed by atoms with Crippen LogP contribution in [0.5, 0.6) is 0 Å². The summed E-state index contributed by atoms with van der Waals surface area (Å²) in [4.78, 5) is 12.0. The van der Waals surface area contributed by atoms with Gasteiger partial charge in [0, 0.05) is 23.8 Å². The van der Waals surface area contributed by atoms with Crippen LogP contribution in [0.3, 0.4) is 0 Å². The molecule has 0 bridgehead atoms. The van der Waals surface area contributed by atoms with Crippen molar-refractivity contribution in [1.82, 2.24) is 0 Å². The summed E-state index contributed by atoms with van der Waals surface area (Å²) in [6.07, 6.45) is 1.69. The van der Waals surface area contributed by atoms with Gasteiger partial charge in [-0.1, -0.05) is 26.0 Å². The van der Waals surface area contributed by atoms with E-state index in [0.717, 1.165) is 29.8 Å². The summed E-state index contributed by atoms with van der Waals surface area (Å²) in [5.74, 6) is -0.0976. The number of nitrogens with one attached hydrogen (secondary N) is 2. The van der Waals surface area contributed by atoms with Gasteiger partial charge in [-0.2, -0.15) is 0 Å². The molecule has 23 heavy (non-hydrogen) atoms. The highest BCUT2D eigenvalue weighted by Crippen LogP contribution is 2.17. The highest BCUT2D eigenvalue weighted by atomic mass is 19.1. The highest BCUT2D eigenvalue weighted by molar-refractivity contribution is 5.92. The lowest BCUT2D eigenvalue weighted by Crippen LogP contribution is -2.21. The average Bonchev–Trinajstić information content (AvgIpc) is 2.57. The summed E-state index contributed by atoms with van der Waals surface area (Å²) >= 11 is 0. The first kappa shape index (κ1) is 17.0. The molecule has 0 aromatic heterocycles. The Morgan fingerprint density at radius 2 is 1.52 bits per heavy atom. The van der Waals surface area contributed by atoms with Crippen molar-refractivity contribution in [3.63, 3.8) is 0 Å². The van der Waals surface area contributed by atoms with Gasteiger partial charge in [0.15, 0.2) is 0 Å². The third-order valence-electron chi connectivity index (χ3n) is 3.92. The van der Waals surface area contributed by atoms with E-state index < -0.39 is 0 Å². The Balaban J connectivity index is 1.89. The average molecular weight is 314 g/mol. The molecule has 0 spiro atoms. The van der Waals surface area contributed by atoms with Crippen molar-refractivity contribution < 1.29 is 9.18 Å². The minimum Gasteiger partial charge on any atom is -0.381 e. The molecule has 2 N–H and O–H groups in total. The molecule has 0 radical (unpaired) electrons. The van der Waals surface area contributed by atoms with Gasteiger partial charge < -0.3 is 10.6 Å². The smallest absolute Gasteiger partial charge is 0.227 e. The van der Waals surface area contributed by atoms with Crippen LogP contribution in [0.4, 0.5) is 15.8 Å². The third-order valence-corrected chi connectivity index (χ3v) is 3.92. The van der Waals surface area contributed by atoms with Crippen LogP contribution < -0.4 is 10.6 Å². The zero-order valence-corrected chi connectivity index (χ0v) is 13.6. The fourth-order valence-corrected chi connectivity index (χ4v) is 2.38. The van der Waals surface area contributed by atoms with E-state index >= 15 is 0 Å². The first-order valence-corrected chi connectivity index (χ1v) is 8.01. The quantitative estimate of drug-likeness (QED) is 0.770. The van der Waals surface area contributed by atoms with Crippen LogP contribution in [-0.2, 0) is 11.3 Å². The van der Waals surface area contributed by atoms with Crippen molar-refractivity contribution in [3.05, 3.63) is 59.9 Å². The summed E-state index contributed by atoms with van der Waals surface area (Å²) in [6, 6.07) is 14.0. The van der Waals surface area contributed by atoms with Crippen molar-refractivity contribution in [2.45, 2.75) is 33.2 Å². The number of anilines is 2. The van der Waals surface area contributed by atoms with E-state index in [1.54, 1.807) is 12.1 Å². The number of halogens is 1. The Kier molecular flexibility index (Phi) is 6.15.